The Morgan fingerprint density at radius 1 is 1.03 bits per heavy atom. The molecule has 2 aliphatic heterocycles. The molecule has 2 amide bonds. The number of nitrogens with one attached hydrogen (secondary N) is 1. The van der Waals surface area contributed by atoms with Gasteiger partial charge in [-0.1, -0.05) is 6.42 Å². The molecule has 8 heteroatoms. The van der Waals surface area contributed by atoms with Crippen molar-refractivity contribution in [1.29, 1.82) is 0 Å². The van der Waals surface area contributed by atoms with Crippen molar-refractivity contribution in [2.45, 2.75) is 31.8 Å². The van der Waals surface area contributed by atoms with Crippen molar-refractivity contribution in [3.8, 4) is 0 Å². The molecule has 4 rings (SSSR count). The van der Waals surface area contributed by atoms with Crippen LogP contribution in [0.1, 0.15) is 29.6 Å². The molecule has 2 aliphatic rings. The Bertz CT molecular complexity index is 989. The van der Waals surface area contributed by atoms with E-state index in [9.17, 15) is 18.8 Å². The molecule has 1 aromatic carbocycles. The van der Waals surface area contributed by atoms with Crippen molar-refractivity contribution in [3.05, 3.63) is 64.3 Å². The van der Waals surface area contributed by atoms with Crippen molar-refractivity contribution < 1.29 is 14.0 Å². The largest absolute Gasteiger partial charge is 0.338 e. The van der Waals surface area contributed by atoms with Gasteiger partial charge >= 0.3 is 0 Å². The topological polar surface area (TPSA) is 74.6 Å². The van der Waals surface area contributed by atoms with E-state index in [2.05, 4.69) is 10.2 Å². The third kappa shape index (κ3) is 4.59. The summed E-state index contributed by atoms with van der Waals surface area (Å²) < 4.78 is 14.3. The van der Waals surface area contributed by atoms with Gasteiger partial charge in [0.15, 0.2) is 0 Å². The number of carbonyl (C=O) groups excluding carboxylic acids is 2. The molecule has 30 heavy (non-hydrogen) atoms. The molecule has 0 spiro atoms. The third-order valence-corrected chi connectivity index (χ3v) is 5.84. The monoisotopic (exact) mass is 412 g/mol. The van der Waals surface area contributed by atoms with E-state index in [0.717, 1.165) is 19.5 Å². The first kappa shape index (κ1) is 20.3. The van der Waals surface area contributed by atoms with Crippen LogP contribution in [0.25, 0.3) is 0 Å². The van der Waals surface area contributed by atoms with Crippen LogP contribution >= 0.6 is 0 Å². The van der Waals surface area contributed by atoms with Crippen molar-refractivity contribution in [2.24, 2.45) is 0 Å². The predicted molar refractivity (Wildman–Crippen MR) is 111 cm³/mol. The number of anilines is 1. The molecule has 0 radical (unpaired) electrons. The molecular weight excluding hydrogens is 387 g/mol. The summed E-state index contributed by atoms with van der Waals surface area (Å²) in [7, 11) is 0. The second kappa shape index (κ2) is 8.79. The second-order valence-corrected chi connectivity index (χ2v) is 7.87. The van der Waals surface area contributed by atoms with Gasteiger partial charge in [-0.15, -0.1) is 0 Å². The molecule has 0 saturated carbocycles. The summed E-state index contributed by atoms with van der Waals surface area (Å²) in [5, 5.41) is 2.66. The van der Waals surface area contributed by atoms with E-state index in [-0.39, 0.29) is 23.6 Å². The van der Waals surface area contributed by atoms with Crippen LogP contribution in [0.3, 0.4) is 0 Å². The minimum absolute atomic E-state index is 0.0940. The molecule has 1 atom stereocenters. The van der Waals surface area contributed by atoms with Gasteiger partial charge in [0.2, 0.25) is 5.91 Å². The van der Waals surface area contributed by atoms with Gasteiger partial charge in [0.1, 0.15) is 12.4 Å². The van der Waals surface area contributed by atoms with Crippen LogP contribution in [-0.2, 0) is 11.3 Å². The Kier molecular flexibility index (Phi) is 5.94. The lowest BCUT2D eigenvalue weighted by molar-refractivity contribution is -0.135. The molecule has 2 fully saturated rings. The number of rotatable bonds is 4. The minimum atomic E-state index is -0.432. The average Bonchev–Trinajstić information content (AvgIpc) is 2.76. The molecule has 0 bridgehead atoms. The highest BCUT2D eigenvalue weighted by Crippen LogP contribution is 2.21. The molecule has 1 N–H and O–H groups in total. The second-order valence-electron chi connectivity index (χ2n) is 7.87. The van der Waals surface area contributed by atoms with Gasteiger partial charge < -0.3 is 14.8 Å². The van der Waals surface area contributed by atoms with E-state index in [1.807, 2.05) is 4.90 Å². The standard InChI is InChI=1S/C22H25FN4O3/c23-17-5-7-18(8-6-17)24-22(30)16-4-9-20(28)27(13-16)15-21(29)26-12-11-25-10-2-1-3-19(25)14-26/h4-9,13,19H,1-3,10-12,14-15H2,(H,24,30)/t19-/m1/s1. The minimum Gasteiger partial charge on any atom is -0.338 e. The SMILES string of the molecule is O=C(Nc1ccc(F)cc1)c1ccc(=O)n(CC(=O)N2CCN3CCCC[C@@H]3C2)c1. The first-order valence-corrected chi connectivity index (χ1v) is 10.3. The predicted octanol–water partition coefficient (Wildman–Crippen LogP) is 1.94. The molecule has 7 nitrogen and oxygen atoms in total. The van der Waals surface area contributed by atoms with Gasteiger partial charge in [-0.25, -0.2) is 4.39 Å². The van der Waals surface area contributed by atoms with E-state index in [1.165, 1.54) is 60.0 Å². The fourth-order valence-corrected chi connectivity index (χ4v) is 4.15. The molecule has 2 aromatic rings. The Hall–Kier alpha value is -3.00. The number of aromatic nitrogens is 1. The quantitative estimate of drug-likeness (QED) is 0.833. The molecule has 1 aromatic heterocycles. The zero-order valence-corrected chi connectivity index (χ0v) is 16.7. The van der Waals surface area contributed by atoms with Gasteiger partial charge in [0.05, 0.1) is 5.56 Å². The van der Waals surface area contributed by atoms with Crippen molar-refractivity contribution >= 4 is 17.5 Å². The normalized spacial score (nSPS) is 19.2. The average molecular weight is 412 g/mol. The maximum absolute atomic E-state index is 13.0. The molecule has 0 aliphatic carbocycles. The van der Waals surface area contributed by atoms with Gasteiger partial charge in [0, 0.05) is 43.6 Å². The summed E-state index contributed by atoms with van der Waals surface area (Å²) in [6.45, 7) is 3.22. The maximum Gasteiger partial charge on any atom is 0.257 e. The van der Waals surface area contributed by atoms with Gasteiger partial charge in [0.25, 0.3) is 11.5 Å². The number of hydrogen-bond acceptors (Lipinski definition) is 4. The number of halogens is 1. The van der Waals surface area contributed by atoms with E-state index in [0.29, 0.717) is 24.8 Å². The van der Waals surface area contributed by atoms with Crippen LogP contribution in [0.5, 0.6) is 0 Å². The van der Waals surface area contributed by atoms with Crippen LogP contribution in [0.15, 0.2) is 47.4 Å². The summed E-state index contributed by atoms with van der Waals surface area (Å²) in [4.78, 5) is 41.8. The fraction of sp³-hybridized carbons (Fsp3) is 0.409. The zero-order chi connectivity index (χ0) is 21.1. The number of amides is 2. The summed E-state index contributed by atoms with van der Waals surface area (Å²) >= 11 is 0. The number of piperazine rings is 1. The first-order chi connectivity index (χ1) is 14.5. The molecular formula is C22H25FN4O3. The van der Waals surface area contributed by atoms with Crippen molar-refractivity contribution in [2.75, 3.05) is 31.5 Å². The van der Waals surface area contributed by atoms with Crippen molar-refractivity contribution in [1.82, 2.24) is 14.4 Å². The van der Waals surface area contributed by atoms with Crippen LogP contribution in [-0.4, -0.2) is 58.4 Å². The molecule has 158 valence electrons. The first-order valence-electron chi connectivity index (χ1n) is 10.3. The lowest BCUT2D eigenvalue weighted by Crippen LogP contribution is -2.56. The van der Waals surface area contributed by atoms with Crippen molar-refractivity contribution in [3.63, 3.8) is 0 Å². The number of benzene rings is 1. The summed E-state index contributed by atoms with van der Waals surface area (Å²) in [5.41, 5.74) is 0.363. The Labute approximate surface area is 174 Å². The van der Waals surface area contributed by atoms with Crippen LogP contribution in [0, 0.1) is 5.82 Å². The van der Waals surface area contributed by atoms with Gasteiger partial charge in [-0.3, -0.25) is 19.3 Å². The highest BCUT2D eigenvalue weighted by atomic mass is 19.1. The van der Waals surface area contributed by atoms with Crippen LogP contribution < -0.4 is 10.9 Å². The van der Waals surface area contributed by atoms with Gasteiger partial charge in [-0.2, -0.15) is 0 Å². The fourth-order valence-electron chi connectivity index (χ4n) is 4.15. The lowest BCUT2D eigenvalue weighted by Gasteiger charge is -2.44. The van der Waals surface area contributed by atoms with Gasteiger partial charge in [-0.05, 0) is 49.7 Å². The number of fused-ring (bicyclic) bond motifs is 1. The number of nitrogens with zero attached hydrogens (tertiary/aromatic N) is 3. The van der Waals surface area contributed by atoms with Crippen LogP contribution in [0.2, 0.25) is 0 Å². The summed E-state index contributed by atoms with van der Waals surface area (Å²) in [5.74, 6) is -0.939. The van der Waals surface area contributed by atoms with E-state index in [1.54, 1.807) is 0 Å². The number of hydrogen-bond donors (Lipinski definition) is 1. The van der Waals surface area contributed by atoms with E-state index >= 15 is 0 Å². The Morgan fingerprint density at radius 2 is 1.83 bits per heavy atom. The number of piperidine rings is 1. The lowest BCUT2D eigenvalue weighted by atomic mass is 9.99. The smallest absolute Gasteiger partial charge is 0.257 e. The Balaban J connectivity index is 1.42. The molecule has 2 saturated heterocycles. The number of carbonyl (C=O) groups is 2. The zero-order valence-electron chi connectivity index (χ0n) is 16.7. The summed E-state index contributed by atoms with van der Waals surface area (Å²) in [6.07, 6.45) is 4.90. The Morgan fingerprint density at radius 3 is 2.63 bits per heavy atom. The molecule has 0 unspecified atom stereocenters. The third-order valence-electron chi connectivity index (χ3n) is 5.84. The van der Waals surface area contributed by atoms with E-state index in [4.69, 9.17) is 0 Å². The van der Waals surface area contributed by atoms with Crippen LogP contribution in [0.4, 0.5) is 10.1 Å². The number of pyridine rings is 1. The maximum atomic E-state index is 13.0. The summed E-state index contributed by atoms with van der Waals surface area (Å²) in [6, 6.07) is 8.52. The highest BCUT2D eigenvalue weighted by Gasteiger charge is 2.31. The van der Waals surface area contributed by atoms with E-state index < -0.39 is 11.7 Å². The molecule has 3 heterocycles. The highest BCUT2D eigenvalue weighted by molar-refractivity contribution is 6.04.